The van der Waals surface area contributed by atoms with Crippen LogP contribution in [0.4, 0.5) is 11.6 Å². The molecule has 1 aromatic heterocycles. The van der Waals surface area contributed by atoms with Gasteiger partial charge in [-0.25, -0.2) is 9.97 Å². The molecular formula is C14H18N4O. The molecule has 0 spiro atoms. The Hall–Kier alpha value is -1.88. The molecule has 0 amide bonds. The van der Waals surface area contributed by atoms with E-state index in [2.05, 4.69) is 15.3 Å². The first-order valence-corrected chi connectivity index (χ1v) is 6.65. The first kappa shape index (κ1) is 12.2. The van der Waals surface area contributed by atoms with Crippen molar-refractivity contribution in [2.45, 2.75) is 31.3 Å². The lowest BCUT2D eigenvalue weighted by Crippen LogP contribution is -2.33. The van der Waals surface area contributed by atoms with Gasteiger partial charge < -0.3 is 16.2 Å². The van der Waals surface area contributed by atoms with Gasteiger partial charge >= 0.3 is 0 Å². The van der Waals surface area contributed by atoms with Gasteiger partial charge in [-0.1, -0.05) is 25.0 Å². The van der Waals surface area contributed by atoms with E-state index in [1.165, 1.54) is 0 Å². The molecule has 1 heterocycles. The molecule has 0 atom stereocenters. The highest BCUT2D eigenvalue weighted by molar-refractivity contribution is 5.79. The van der Waals surface area contributed by atoms with Gasteiger partial charge in [0, 0.05) is 6.54 Å². The number of nitrogens with zero attached hydrogens (tertiary/aromatic N) is 2. The van der Waals surface area contributed by atoms with Crippen LogP contribution in [-0.4, -0.2) is 27.2 Å². The van der Waals surface area contributed by atoms with E-state index in [0.717, 1.165) is 36.7 Å². The average molecular weight is 258 g/mol. The molecule has 5 nitrogen and oxygen atoms in total. The third kappa shape index (κ3) is 2.46. The van der Waals surface area contributed by atoms with Crippen LogP contribution < -0.4 is 11.1 Å². The van der Waals surface area contributed by atoms with E-state index in [4.69, 9.17) is 5.73 Å². The summed E-state index contributed by atoms with van der Waals surface area (Å²) in [6, 6.07) is 7.61. The van der Waals surface area contributed by atoms with Gasteiger partial charge in [0.2, 0.25) is 0 Å². The van der Waals surface area contributed by atoms with E-state index < -0.39 is 5.60 Å². The van der Waals surface area contributed by atoms with Crippen molar-refractivity contribution in [2.75, 3.05) is 17.6 Å². The quantitative estimate of drug-likeness (QED) is 0.783. The van der Waals surface area contributed by atoms with Crippen molar-refractivity contribution in [3.63, 3.8) is 0 Å². The van der Waals surface area contributed by atoms with E-state index in [0.29, 0.717) is 18.2 Å². The van der Waals surface area contributed by atoms with E-state index in [9.17, 15) is 5.11 Å². The summed E-state index contributed by atoms with van der Waals surface area (Å²) in [6.07, 6.45) is 3.83. The molecule has 5 heteroatoms. The van der Waals surface area contributed by atoms with Crippen LogP contribution in [0.5, 0.6) is 0 Å². The highest BCUT2D eigenvalue weighted by Gasteiger charge is 2.31. The summed E-state index contributed by atoms with van der Waals surface area (Å²) in [6.45, 7) is 0.476. The third-order valence-corrected chi connectivity index (χ3v) is 3.72. The van der Waals surface area contributed by atoms with Crippen LogP contribution in [0.1, 0.15) is 25.7 Å². The molecule has 2 aromatic rings. The largest absolute Gasteiger partial charge is 0.388 e. The predicted octanol–water partition coefficient (Wildman–Crippen LogP) is 1.93. The first-order valence-electron chi connectivity index (χ1n) is 6.65. The van der Waals surface area contributed by atoms with Crippen LogP contribution in [0, 0.1) is 0 Å². The van der Waals surface area contributed by atoms with Crippen molar-refractivity contribution in [3.05, 3.63) is 24.3 Å². The molecule has 19 heavy (non-hydrogen) atoms. The number of aliphatic hydroxyl groups is 1. The number of para-hydroxylation sites is 2. The molecule has 1 aliphatic carbocycles. The summed E-state index contributed by atoms with van der Waals surface area (Å²) in [5, 5.41) is 13.4. The number of hydrogen-bond acceptors (Lipinski definition) is 5. The molecule has 1 fully saturated rings. The molecule has 4 N–H and O–H groups in total. The maximum atomic E-state index is 10.3. The van der Waals surface area contributed by atoms with E-state index in [1.807, 2.05) is 24.3 Å². The zero-order valence-electron chi connectivity index (χ0n) is 10.8. The van der Waals surface area contributed by atoms with Crippen LogP contribution >= 0.6 is 0 Å². The van der Waals surface area contributed by atoms with Crippen LogP contribution in [0.25, 0.3) is 11.0 Å². The number of nitrogen functional groups attached to an aromatic ring is 1. The lowest BCUT2D eigenvalue weighted by molar-refractivity contribution is 0.0614. The number of rotatable bonds is 3. The van der Waals surface area contributed by atoms with Crippen molar-refractivity contribution >= 4 is 22.7 Å². The molecule has 1 aliphatic rings. The zero-order chi connectivity index (χ0) is 13.3. The second-order valence-corrected chi connectivity index (χ2v) is 5.23. The average Bonchev–Trinajstić information content (AvgIpc) is 2.84. The lowest BCUT2D eigenvalue weighted by Gasteiger charge is -2.23. The summed E-state index contributed by atoms with van der Waals surface area (Å²) in [5.74, 6) is 0.930. The van der Waals surface area contributed by atoms with Gasteiger partial charge in [-0.05, 0) is 25.0 Å². The zero-order valence-corrected chi connectivity index (χ0v) is 10.8. The Balaban J connectivity index is 1.82. The molecular weight excluding hydrogens is 240 g/mol. The molecule has 1 saturated carbocycles. The number of benzene rings is 1. The molecule has 3 rings (SSSR count). The maximum Gasteiger partial charge on any atom is 0.169 e. The normalized spacial score (nSPS) is 17.7. The Labute approximate surface area is 111 Å². The first-order chi connectivity index (χ1) is 9.16. The monoisotopic (exact) mass is 258 g/mol. The fourth-order valence-corrected chi connectivity index (χ4v) is 2.60. The van der Waals surface area contributed by atoms with Crippen LogP contribution in [0.2, 0.25) is 0 Å². The van der Waals surface area contributed by atoms with Gasteiger partial charge in [-0.15, -0.1) is 0 Å². The number of fused-ring (bicyclic) bond motifs is 1. The molecule has 0 bridgehead atoms. The van der Waals surface area contributed by atoms with Gasteiger partial charge in [0.1, 0.15) is 0 Å². The number of nitrogens with two attached hydrogens (primary N) is 1. The van der Waals surface area contributed by atoms with E-state index >= 15 is 0 Å². The summed E-state index contributed by atoms with van der Waals surface area (Å²) in [4.78, 5) is 8.77. The Morgan fingerprint density at radius 2 is 1.79 bits per heavy atom. The maximum absolute atomic E-state index is 10.3. The minimum atomic E-state index is -0.625. The second-order valence-electron chi connectivity index (χ2n) is 5.23. The number of nitrogens with one attached hydrogen (secondary N) is 1. The smallest absolute Gasteiger partial charge is 0.169 e. The molecule has 1 aromatic carbocycles. The number of anilines is 2. The minimum absolute atomic E-state index is 0.375. The number of hydrogen-bond donors (Lipinski definition) is 3. The van der Waals surface area contributed by atoms with Crippen LogP contribution in [0.15, 0.2) is 24.3 Å². The van der Waals surface area contributed by atoms with Gasteiger partial charge in [-0.3, -0.25) is 0 Å². The summed E-state index contributed by atoms with van der Waals surface area (Å²) in [7, 11) is 0. The van der Waals surface area contributed by atoms with Crippen molar-refractivity contribution in [3.8, 4) is 0 Å². The number of aromatic nitrogens is 2. The summed E-state index contributed by atoms with van der Waals surface area (Å²) in [5.41, 5.74) is 6.86. The van der Waals surface area contributed by atoms with E-state index in [-0.39, 0.29) is 0 Å². The second kappa shape index (κ2) is 4.66. The van der Waals surface area contributed by atoms with Gasteiger partial charge in [0.05, 0.1) is 16.6 Å². The highest BCUT2D eigenvalue weighted by Crippen LogP contribution is 2.30. The lowest BCUT2D eigenvalue weighted by atomic mass is 10.0. The fourth-order valence-electron chi connectivity index (χ4n) is 2.60. The molecule has 100 valence electrons. The topological polar surface area (TPSA) is 84.1 Å². The third-order valence-electron chi connectivity index (χ3n) is 3.72. The van der Waals surface area contributed by atoms with Crippen molar-refractivity contribution in [1.82, 2.24) is 9.97 Å². The predicted molar refractivity (Wildman–Crippen MR) is 75.9 cm³/mol. The van der Waals surface area contributed by atoms with E-state index in [1.54, 1.807) is 0 Å². The molecule has 0 unspecified atom stereocenters. The van der Waals surface area contributed by atoms with Crippen molar-refractivity contribution in [2.24, 2.45) is 0 Å². The summed E-state index contributed by atoms with van der Waals surface area (Å²) >= 11 is 0. The molecule has 0 aliphatic heterocycles. The van der Waals surface area contributed by atoms with Gasteiger partial charge in [-0.2, -0.15) is 0 Å². The molecule has 0 radical (unpaired) electrons. The standard InChI is InChI=1S/C14H18N4O/c15-12-13(16-9-14(19)7-3-4-8-14)18-11-6-2-1-5-10(11)17-12/h1-2,5-6,19H,3-4,7-9H2,(H2,15,17)(H,16,18). The Morgan fingerprint density at radius 3 is 2.47 bits per heavy atom. The van der Waals surface area contributed by atoms with Crippen molar-refractivity contribution < 1.29 is 5.11 Å². The van der Waals surface area contributed by atoms with Crippen LogP contribution in [-0.2, 0) is 0 Å². The Morgan fingerprint density at radius 1 is 1.16 bits per heavy atom. The van der Waals surface area contributed by atoms with Crippen LogP contribution in [0.3, 0.4) is 0 Å². The van der Waals surface area contributed by atoms with Gasteiger partial charge in [0.25, 0.3) is 0 Å². The molecule has 0 saturated heterocycles. The Kier molecular flexibility index (Phi) is 2.98. The summed E-state index contributed by atoms with van der Waals surface area (Å²) < 4.78 is 0. The minimum Gasteiger partial charge on any atom is -0.388 e. The Bertz CT molecular complexity index is 593. The fraction of sp³-hybridized carbons (Fsp3) is 0.429. The van der Waals surface area contributed by atoms with Gasteiger partial charge in [0.15, 0.2) is 11.6 Å². The highest BCUT2D eigenvalue weighted by atomic mass is 16.3. The SMILES string of the molecule is Nc1nc2ccccc2nc1NCC1(O)CCCC1. The van der Waals surface area contributed by atoms with Crippen molar-refractivity contribution in [1.29, 1.82) is 0 Å².